The maximum atomic E-state index is 12.2. The van der Waals surface area contributed by atoms with E-state index in [0.717, 1.165) is 26.0 Å². The van der Waals surface area contributed by atoms with E-state index in [0.29, 0.717) is 17.5 Å². The summed E-state index contributed by atoms with van der Waals surface area (Å²) in [6, 6.07) is 8.67. The maximum absolute atomic E-state index is 12.2. The minimum atomic E-state index is -3.17. The smallest absolute Gasteiger partial charge is 0.179 e. The van der Waals surface area contributed by atoms with Gasteiger partial charge in [0.1, 0.15) is 0 Å². The van der Waals surface area contributed by atoms with Crippen LogP contribution >= 0.6 is 0 Å². The van der Waals surface area contributed by atoms with Crippen molar-refractivity contribution in [3.63, 3.8) is 0 Å². The summed E-state index contributed by atoms with van der Waals surface area (Å²) in [5.74, 6) is 0.166. The molecule has 1 aliphatic rings. The summed E-state index contributed by atoms with van der Waals surface area (Å²) < 4.78 is 30.1. The molecule has 0 aliphatic carbocycles. The van der Waals surface area contributed by atoms with E-state index in [1.165, 1.54) is 12.8 Å². The van der Waals surface area contributed by atoms with Crippen LogP contribution in [0.2, 0.25) is 0 Å². The number of benzene rings is 1. The van der Waals surface area contributed by atoms with Crippen molar-refractivity contribution in [2.24, 2.45) is 0 Å². The molecule has 0 saturated carbocycles. The fraction of sp³-hybridized carbons (Fsp3) is 0.625. The molecule has 0 N–H and O–H groups in total. The van der Waals surface area contributed by atoms with Crippen LogP contribution in [0.3, 0.4) is 0 Å². The van der Waals surface area contributed by atoms with Crippen LogP contribution in [0.25, 0.3) is 0 Å². The molecule has 1 unspecified atom stereocenters. The van der Waals surface area contributed by atoms with Gasteiger partial charge in [0.05, 0.1) is 16.8 Å². The lowest BCUT2D eigenvalue weighted by Crippen LogP contribution is -2.30. The Balaban J connectivity index is 1.74. The van der Waals surface area contributed by atoms with Crippen molar-refractivity contribution in [1.29, 1.82) is 0 Å². The average Bonchev–Trinajstić information content (AvgIpc) is 2.53. The van der Waals surface area contributed by atoms with E-state index < -0.39 is 9.84 Å². The summed E-state index contributed by atoms with van der Waals surface area (Å²) in [6.45, 7) is 2.32. The van der Waals surface area contributed by atoms with E-state index in [9.17, 15) is 8.42 Å². The highest BCUT2D eigenvalue weighted by Gasteiger charge is 2.17. The molecule has 2 rings (SSSR count). The third-order valence-corrected chi connectivity index (χ3v) is 5.66. The minimum absolute atomic E-state index is 0.166. The second-order valence-corrected chi connectivity index (χ2v) is 7.82. The van der Waals surface area contributed by atoms with E-state index in [1.54, 1.807) is 24.3 Å². The average molecular weight is 311 g/mol. The van der Waals surface area contributed by atoms with Gasteiger partial charge in [0.25, 0.3) is 0 Å². The van der Waals surface area contributed by atoms with Crippen LogP contribution in [-0.4, -0.2) is 51.9 Å². The zero-order valence-electron chi connectivity index (χ0n) is 12.7. The van der Waals surface area contributed by atoms with Crippen molar-refractivity contribution in [3.8, 4) is 0 Å². The van der Waals surface area contributed by atoms with E-state index in [-0.39, 0.29) is 5.75 Å². The van der Waals surface area contributed by atoms with Crippen LogP contribution < -0.4 is 0 Å². The van der Waals surface area contributed by atoms with E-state index in [2.05, 4.69) is 4.90 Å². The van der Waals surface area contributed by atoms with Crippen molar-refractivity contribution in [2.75, 3.05) is 32.5 Å². The van der Waals surface area contributed by atoms with Crippen LogP contribution in [0.4, 0.5) is 0 Å². The fourth-order valence-corrected chi connectivity index (χ4v) is 3.89. The van der Waals surface area contributed by atoms with Gasteiger partial charge in [-0.1, -0.05) is 18.2 Å². The Morgan fingerprint density at radius 3 is 2.62 bits per heavy atom. The van der Waals surface area contributed by atoms with Gasteiger partial charge in [-0.3, -0.25) is 0 Å². The van der Waals surface area contributed by atoms with E-state index in [1.807, 2.05) is 13.1 Å². The molecule has 1 aromatic carbocycles. The van der Waals surface area contributed by atoms with E-state index in [4.69, 9.17) is 4.74 Å². The first-order valence-corrected chi connectivity index (χ1v) is 9.31. The van der Waals surface area contributed by atoms with Gasteiger partial charge in [0.15, 0.2) is 9.84 Å². The number of hydrogen-bond donors (Lipinski definition) is 0. The first-order chi connectivity index (χ1) is 10.1. The predicted molar refractivity (Wildman–Crippen MR) is 84.2 cm³/mol. The molecule has 118 valence electrons. The molecule has 1 saturated heterocycles. The van der Waals surface area contributed by atoms with E-state index >= 15 is 0 Å². The summed E-state index contributed by atoms with van der Waals surface area (Å²) in [5, 5.41) is 0. The van der Waals surface area contributed by atoms with Crippen molar-refractivity contribution in [3.05, 3.63) is 30.3 Å². The zero-order valence-corrected chi connectivity index (χ0v) is 13.5. The van der Waals surface area contributed by atoms with Gasteiger partial charge in [-0.15, -0.1) is 0 Å². The van der Waals surface area contributed by atoms with Crippen LogP contribution in [0.5, 0.6) is 0 Å². The molecule has 0 spiro atoms. The van der Waals surface area contributed by atoms with Gasteiger partial charge in [-0.2, -0.15) is 0 Å². The molecule has 0 bridgehead atoms. The number of ether oxygens (including phenoxy) is 1. The number of rotatable bonds is 7. The number of nitrogens with zero attached hydrogens (tertiary/aromatic N) is 1. The van der Waals surface area contributed by atoms with Crippen LogP contribution in [0.15, 0.2) is 35.2 Å². The SMILES string of the molecule is CN(CCC1CCCCO1)CCS(=O)(=O)c1ccccc1. The van der Waals surface area contributed by atoms with Gasteiger partial charge < -0.3 is 9.64 Å². The fourth-order valence-electron chi connectivity index (χ4n) is 2.53. The molecule has 1 aromatic rings. The van der Waals surface area contributed by atoms with Gasteiger partial charge in [-0.05, 0) is 44.9 Å². The topological polar surface area (TPSA) is 46.6 Å². The van der Waals surface area contributed by atoms with Crippen LogP contribution in [-0.2, 0) is 14.6 Å². The molecule has 1 fully saturated rings. The van der Waals surface area contributed by atoms with Gasteiger partial charge in [0, 0.05) is 19.7 Å². The Morgan fingerprint density at radius 1 is 1.19 bits per heavy atom. The second-order valence-electron chi connectivity index (χ2n) is 5.71. The molecule has 5 heteroatoms. The Labute approximate surface area is 128 Å². The van der Waals surface area contributed by atoms with Crippen molar-refractivity contribution in [1.82, 2.24) is 4.90 Å². The molecule has 21 heavy (non-hydrogen) atoms. The second kappa shape index (κ2) is 7.92. The Kier molecular flexibility index (Phi) is 6.21. The molecule has 1 atom stereocenters. The first kappa shape index (κ1) is 16.5. The highest BCUT2D eigenvalue weighted by atomic mass is 32.2. The van der Waals surface area contributed by atoms with Gasteiger partial charge in [-0.25, -0.2) is 8.42 Å². The lowest BCUT2D eigenvalue weighted by Gasteiger charge is -2.25. The molecule has 4 nitrogen and oxygen atoms in total. The quantitative estimate of drug-likeness (QED) is 0.775. The minimum Gasteiger partial charge on any atom is -0.378 e. The lowest BCUT2D eigenvalue weighted by atomic mass is 10.1. The number of hydrogen-bond acceptors (Lipinski definition) is 4. The third kappa shape index (κ3) is 5.41. The van der Waals surface area contributed by atoms with Crippen molar-refractivity contribution >= 4 is 9.84 Å². The van der Waals surface area contributed by atoms with Gasteiger partial charge in [0.2, 0.25) is 0 Å². The normalized spacial score (nSPS) is 19.8. The monoisotopic (exact) mass is 311 g/mol. The van der Waals surface area contributed by atoms with Crippen LogP contribution in [0.1, 0.15) is 25.7 Å². The van der Waals surface area contributed by atoms with Crippen molar-refractivity contribution < 1.29 is 13.2 Å². The zero-order chi connectivity index (χ0) is 15.1. The van der Waals surface area contributed by atoms with Crippen LogP contribution in [0, 0.1) is 0 Å². The highest BCUT2D eigenvalue weighted by Crippen LogP contribution is 2.16. The summed E-state index contributed by atoms with van der Waals surface area (Å²) in [4.78, 5) is 2.49. The van der Waals surface area contributed by atoms with Gasteiger partial charge >= 0.3 is 0 Å². The summed E-state index contributed by atoms with van der Waals surface area (Å²) in [6.07, 6.45) is 4.89. The third-order valence-electron chi connectivity index (χ3n) is 3.95. The molecule has 1 aliphatic heterocycles. The lowest BCUT2D eigenvalue weighted by molar-refractivity contribution is 0.00700. The molecule has 0 radical (unpaired) electrons. The summed E-state index contributed by atoms with van der Waals surface area (Å²) in [7, 11) is -1.20. The summed E-state index contributed by atoms with van der Waals surface area (Å²) in [5.41, 5.74) is 0. The Bertz CT molecular complexity index is 510. The van der Waals surface area contributed by atoms with Crippen molar-refractivity contribution in [2.45, 2.75) is 36.7 Å². The standard InChI is InChI=1S/C16H25NO3S/c1-17(11-10-15-7-5-6-13-20-15)12-14-21(18,19)16-8-3-2-4-9-16/h2-4,8-9,15H,5-7,10-14H2,1H3. The number of sulfone groups is 1. The molecule has 0 amide bonds. The highest BCUT2D eigenvalue weighted by molar-refractivity contribution is 7.91. The predicted octanol–water partition coefficient (Wildman–Crippen LogP) is 2.35. The Hall–Kier alpha value is -0.910. The first-order valence-electron chi connectivity index (χ1n) is 7.66. The Morgan fingerprint density at radius 2 is 1.95 bits per heavy atom. The maximum Gasteiger partial charge on any atom is 0.179 e. The molecular weight excluding hydrogens is 286 g/mol. The molecule has 0 aromatic heterocycles. The molecule has 1 heterocycles. The largest absolute Gasteiger partial charge is 0.378 e. The summed E-state index contributed by atoms with van der Waals surface area (Å²) >= 11 is 0. The molecular formula is C16H25NO3S.